The van der Waals surface area contributed by atoms with Gasteiger partial charge in [-0.25, -0.2) is 8.78 Å². The Morgan fingerprint density at radius 2 is 0.373 bits per heavy atom. The third-order valence-electron chi connectivity index (χ3n) is 21.8. The van der Waals surface area contributed by atoms with Crippen molar-refractivity contribution in [3.63, 3.8) is 0 Å². The van der Waals surface area contributed by atoms with Crippen molar-refractivity contribution in [3.8, 4) is 47.4 Å². The highest BCUT2D eigenvalue weighted by Crippen LogP contribution is 2.57. The van der Waals surface area contributed by atoms with Crippen molar-refractivity contribution in [2.24, 2.45) is 0 Å². The summed E-state index contributed by atoms with van der Waals surface area (Å²) in [5.41, 5.74) is -17.8. The summed E-state index contributed by atoms with van der Waals surface area (Å²) in [6, 6.07) is 51.5. The van der Waals surface area contributed by atoms with Gasteiger partial charge in [0.05, 0.1) is 38.9 Å². The number of hydrogen-bond donors (Lipinski definition) is 0. The van der Waals surface area contributed by atoms with Crippen LogP contribution < -0.4 is 0 Å². The van der Waals surface area contributed by atoms with Gasteiger partial charge in [-0.2, -0.15) is 105 Å². The zero-order valence-electron chi connectivity index (χ0n) is 67.9. The van der Waals surface area contributed by atoms with Crippen LogP contribution in [-0.2, 0) is 58.2 Å². The summed E-state index contributed by atoms with van der Waals surface area (Å²) >= 11 is 0. The molecule has 0 heterocycles. The Balaban J connectivity index is 0.890. The lowest BCUT2D eigenvalue weighted by atomic mass is 9.68. The van der Waals surface area contributed by atoms with Crippen molar-refractivity contribution in [2.75, 3.05) is 0 Å². The number of Topliss-reactive ketones (excluding diaryl/α,β-unsaturated/α-hetero) is 2. The minimum atomic E-state index is -5.39. The minimum Gasteiger partial charge on any atom is -0.289 e. The number of alkyl halides is 24. The number of hydrogen-bond acceptors (Lipinski definition) is 2. The molecule has 0 fully saturated rings. The number of rotatable bonds is 11. The second-order valence-corrected chi connectivity index (χ2v) is 30.7. The van der Waals surface area contributed by atoms with Gasteiger partial charge in [0.15, 0.2) is 11.6 Å². The van der Waals surface area contributed by atoms with E-state index in [0.717, 1.165) is 60.7 Å². The first-order chi connectivity index (χ1) is 63.0. The van der Waals surface area contributed by atoms with Gasteiger partial charge in [-0.15, -0.1) is 0 Å². The lowest BCUT2D eigenvalue weighted by Gasteiger charge is -2.38. The van der Waals surface area contributed by atoms with Crippen molar-refractivity contribution in [2.45, 2.75) is 61.7 Å². The Labute approximate surface area is 744 Å². The summed E-state index contributed by atoms with van der Waals surface area (Å²) in [4.78, 5) is 31.9. The maximum atomic E-state index is 17.6. The average molecular weight is 1850 g/mol. The quantitative estimate of drug-likeness (QED) is 0.0735. The molecule has 2 aliphatic carbocycles. The molecule has 13 aromatic rings. The molecule has 2 nitrogen and oxygen atoms in total. The molecule has 134 heavy (non-hydrogen) atoms. The fourth-order valence-corrected chi connectivity index (χ4v) is 15.7. The highest BCUT2D eigenvalue weighted by molar-refractivity contribution is 6.60. The monoisotopic (exact) mass is 1850 g/mol. The SMILES string of the molecule is Cc1cc(C#Cc2ccc(C3=C(c4ccc(C(c5ccccc5)(c5ccc(C6=C(c7ccc(C#Cc8cc(C(F)(F)F)cc(C(F)(F)F)c8)cc7)C(=O)C(c7ccc(C#Cc8cc(C(F)(F)F)cc(C(F)(F)F)c8)cc7)=C6c6ccc(F)cc6)cc5)C(F)(F)F)cc4)C(c4ccc(F)cc4)=C(c4ccc(C#Cc5cc(C(F)(F)F)cc(C(F)(F)F)c5)cc4)C3=O)cc2)cc(C(F)(F)F)c1. The zero-order chi connectivity index (χ0) is 96.3. The van der Waals surface area contributed by atoms with Crippen LogP contribution in [0.1, 0.15) is 150 Å². The van der Waals surface area contributed by atoms with E-state index in [4.69, 9.17) is 0 Å². The highest BCUT2D eigenvalue weighted by Gasteiger charge is 2.59. The van der Waals surface area contributed by atoms with Crippen molar-refractivity contribution in [1.29, 1.82) is 0 Å². The molecule has 0 N–H and O–H groups in total. The maximum absolute atomic E-state index is 17.6. The lowest BCUT2D eigenvalue weighted by molar-refractivity contribution is -0.166. The van der Waals surface area contributed by atoms with E-state index in [1.54, 1.807) is 0 Å². The largest absolute Gasteiger partial charge is 0.416 e. The second-order valence-electron chi connectivity index (χ2n) is 30.7. The molecule has 1 unspecified atom stereocenters. The molecule has 0 amide bonds. The van der Waals surface area contributed by atoms with Gasteiger partial charge >= 0.3 is 49.4 Å². The molecule has 28 heteroatoms. The molecule has 670 valence electrons. The van der Waals surface area contributed by atoms with E-state index in [1.807, 2.05) is 0 Å². The van der Waals surface area contributed by atoms with E-state index >= 15 is 31.5 Å². The molecule has 0 bridgehead atoms. The van der Waals surface area contributed by atoms with Crippen molar-refractivity contribution in [3.05, 3.63) is 459 Å². The Hall–Kier alpha value is -15.4. The summed E-state index contributed by atoms with van der Waals surface area (Å²) in [5, 5.41) is 0. The van der Waals surface area contributed by atoms with E-state index in [-0.39, 0.29) is 141 Å². The molecule has 0 aliphatic heterocycles. The Kier molecular flexibility index (Phi) is 24.6. The number of carbonyl (C=O) groups excluding carboxylic acids is 2. The van der Waals surface area contributed by atoms with Crippen LogP contribution in [0.5, 0.6) is 0 Å². The smallest absolute Gasteiger partial charge is 0.289 e. The van der Waals surface area contributed by atoms with Gasteiger partial charge in [0, 0.05) is 89.1 Å². The van der Waals surface area contributed by atoms with E-state index in [9.17, 15) is 92.2 Å². The molecular formula is C106H52F26O2. The number of carbonyl (C=O) groups is 2. The van der Waals surface area contributed by atoms with Gasteiger partial charge in [-0.3, -0.25) is 9.59 Å². The molecule has 0 saturated carbocycles. The molecule has 15 rings (SSSR count). The summed E-state index contributed by atoms with van der Waals surface area (Å²) in [6.45, 7) is 1.43. The Morgan fingerprint density at radius 3 is 0.597 bits per heavy atom. The Bertz CT molecular complexity index is 7140. The van der Waals surface area contributed by atoms with Gasteiger partial charge < -0.3 is 0 Å². The predicted octanol–water partition coefficient (Wildman–Crippen LogP) is 29.1. The summed E-state index contributed by atoms with van der Waals surface area (Å²) in [7, 11) is 0. The summed E-state index contributed by atoms with van der Waals surface area (Å²) in [6.07, 6.45) is -41.6. The molecule has 0 spiro atoms. The molecule has 13 aromatic carbocycles. The third kappa shape index (κ3) is 19.6. The summed E-state index contributed by atoms with van der Waals surface area (Å²) < 4.78 is 376. The van der Waals surface area contributed by atoms with E-state index < -0.39 is 150 Å². The van der Waals surface area contributed by atoms with E-state index in [0.29, 0.717) is 36.4 Å². The van der Waals surface area contributed by atoms with Crippen LogP contribution in [-0.4, -0.2) is 17.7 Å². The highest BCUT2D eigenvalue weighted by atomic mass is 19.4. The lowest BCUT2D eigenvalue weighted by Crippen LogP contribution is -2.44. The number of aryl methyl sites for hydroxylation is 1. The second kappa shape index (κ2) is 35.4. The van der Waals surface area contributed by atoms with Crippen molar-refractivity contribution < 1.29 is 124 Å². The molecule has 0 saturated heterocycles. The maximum Gasteiger partial charge on any atom is 0.416 e. The molecular weight excluding hydrogens is 1800 g/mol. The zero-order valence-corrected chi connectivity index (χ0v) is 67.9. The van der Waals surface area contributed by atoms with Crippen LogP contribution >= 0.6 is 0 Å². The molecule has 0 radical (unpaired) electrons. The fourth-order valence-electron chi connectivity index (χ4n) is 15.7. The first kappa shape index (κ1) is 93.3. The van der Waals surface area contributed by atoms with Gasteiger partial charge in [-0.1, -0.05) is 199 Å². The number of allylic oxidation sites excluding steroid dienone is 8. The van der Waals surface area contributed by atoms with Crippen LogP contribution in [0.15, 0.2) is 297 Å². The topological polar surface area (TPSA) is 34.1 Å². The van der Waals surface area contributed by atoms with Crippen LogP contribution in [0.3, 0.4) is 0 Å². The van der Waals surface area contributed by atoms with Gasteiger partial charge in [0.2, 0.25) is 0 Å². The summed E-state index contributed by atoms with van der Waals surface area (Å²) in [5.74, 6) is 16.8. The van der Waals surface area contributed by atoms with E-state index in [2.05, 4.69) is 47.4 Å². The molecule has 2 aliphatic rings. The van der Waals surface area contributed by atoms with Crippen molar-refractivity contribution >= 4 is 56.2 Å². The van der Waals surface area contributed by atoms with Gasteiger partial charge in [-0.05, 0) is 219 Å². The minimum absolute atomic E-state index is 0.00171. The van der Waals surface area contributed by atoms with Crippen LogP contribution in [0.2, 0.25) is 0 Å². The number of ketones is 2. The van der Waals surface area contributed by atoms with E-state index in [1.165, 1.54) is 189 Å². The first-order valence-electron chi connectivity index (χ1n) is 39.5. The standard InChI is InChI=1S/C106H52F26O2/c1-59-47-64(49-79(48-59)99(109,110)111)11-7-60-15-23-72(24-16-60)92-88(90(70-35-43-86(107)44-36-70)94(96(92)133)74-27-19-62(20-28-74)9-13-66-52-82(102(118,119)120)57-83(53-66)103(121,122)123)68-31-39-77(40-32-68)98(106(130,131)132,76-5-3-2-4-6-76)78-41-33-69(34-42-78)89-91(71-37-45-87(108)46-38-71)95(75-29-21-63(22-30-75)10-14-67-54-84(104(124,125)126)58-85(55-67)105(127,128)129)97(134)93(89)73-25-17-61(18-26-73)8-12-65-50-80(100(112,113)114)56-81(51-65)101(115,116)117/h2-6,15-58H,1H3. The normalized spacial score (nSPS) is 14.0. The predicted molar refractivity (Wildman–Crippen MR) is 451 cm³/mol. The van der Waals surface area contributed by atoms with Gasteiger partial charge in [0.25, 0.3) is 0 Å². The van der Waals surface area contributed by atoms with Crippen LogP contribution in [0.4, 0.5) is 114 Å². The van der Waals surface area contributed by atoms with Crippen molar-refractivity contribution in [1.82, 2.24) is 0 Å². The third-order valence-corrected chi connectivity index (χ3v) is 21.8. The molecule has 0 aromatic heterocycles. The first-order valence-corrected chi connectivity index (χ1v) is 39.5. The average Bonchev–Trinajstić information content (AvgIpc) is 1.20. The number of benzene rings is 13. The molecule has 1 atom stereocenters. The van der Waals surface area contributed by atoms with Crippen LogP contribution in [0, 0.1) is 65.9 Å². The van der Waals surface area contributed by atoms with Gasteiger partial charge in [0.1, 0.15) is 17.0 Å². The Morgan fingerprint density at radius 1 is 0.187 bits per heavy atom. The fraction of sp³-hybridized carbons (Fsp3) is 0.0943. The number of halogens is 26. The van der Waals surface area contributed by atoms with Crippen LogP contribution in [0.25, 0.3) is 44.6 Å².